The molecule has 0 bridgehead atoms. The zero-order valence-corrected chi connectivity index (χ0v) is 23.4. The molecule has 0 spiro atoms. The van der Waals surface area contributed by atoms with Crippen LogP contribution >= 0.6 is 11.3 Å². The van der Waals surface area contributed by atoms with Crippen LogP contribution in [0.15, 0.2) is 60.2 Å². The van der Waals surface area contributed by atoms with Gasteiger partial charge in [0.05, 0.1) is 28.7 Å². The van der Waals surface area contributed by atoms with Gasteiger partial charge in [0.2, 0.25) is 5.91 Å². The van der Waals surface area contributed by atoms with Gasteiger partial charge in [0, 0.05) is 50.1 Å². The van der Waals surface area contributed by atoms with Crippen molar-refractivity contribution < 1.29 is 24.3 Å². The number of hydrogen-bond acceptors (Lipinski definition) is 7. The first-order valence-electron chi connectivity index (χ1n) is 13.8. The van der Waals surface area contributed by atoms with Gasteiger partial charge in [-0.3, -0.25) is 24.2 Å². The second kappa shape index (κ2) is 12.9. The third-order valence-electron chi connectivity index (χ3n) is 7.62. The Morgan fingerprint density at radius 3 is 2.56 bits per heavy atom. The largest absolute Gasteiger partial charge is 0.481 e. The number of rotatable bonds is 9. The number of nitrogens with zero attached hydrogens (tertiary/aromatic N) is 3. The van der Waals surface area contributed by atoms with Crippen molar-refractivity contribution in [1.29, 1.82) is 0 Å². The van der Waals surface area contributed by atoms with Crippen molar-refractivity contribution in [2.45, 2.75) is 38.1 Å². The van der Waals surface area contributed by atoms with Crippen LogP contribution in [0.4, 0.5) is 11.4 Å². The van der Waals surface area contributed by atoms with Gasteiger partial charge in [0.15, 0.2) is 0 Å². The molecule has 1 aliphatic heterocycles. The van der Waals surface area contributed by atoms with E-state index in [4.69, 9.17) is 0 Å². The molecule has 2 aromatic heterocycles. The third kappa shape index (κ3) is 6.91. The van der Waals surface area contributed by atoms with Crippen molar-refractivity contribution in [3.63, 3.8) is 0 Å². The molecular formula is C30H33N5O5S. The molecule has 1 aromatic carbocycles. The van der Waals surface area contributed by atoms with Gasteiger partial charge in [0.25, 0.3) is 11.8 Å². The molecule has 41 heavy (non-hydrogen) atoms. The zero-order chi connectivity index (χ0) is 28.8. The summed E-state index contributed by atoms with van der Waals surface area (Å²) in [6, 6.07) is 11.5. The number of aromatic nitrogens is 1. The molecule has 214 valence electrons. The summed E-state index contributed by atoms with van der Waals surface area (Å²) < 4.78 is 0. The van der Waals surface area contributed by atoms with E-state index in [2.05, 4.69) is 20.5 Å². The van der Waals surface area contributed by atoms with Gasteiger partial charge in [-0.2, -0.15) is 0 Å². The molecule has 2 fully saturated rings. The first-order chi connectivity index (χ1) is 19.9. The van der Waals surface area contributed by atoms with E-state index in [1.165, 1.54) is 17.5 Å². The smallest absolute Gasteiger partial charge is 0.305 e. The van der Waals surface area contributed by atoms with E-state index in [0.717, 1.165) is 36.2 Å². The quantitative estimate of drug-likeness (QED) is 0.349. The van der Waals surface area contributed by atoms with Crippen LogP contribution in [0.3, 0.4) is 0 Å². The van der Waals surface area contributed by atoms with Crippen LogP contribution in [0.2, 0.25) is 0 Å². The number of hydrogen-bond donors (Lipinski definition) is 3. The molecule has 1 saturated heterocycles. The summed E-state index contributed by atoms with van der Waals surface area (Å²) >= 11 is 1.43. The minimum absolute atomic E-state index is 0.0249. The number of thiophene rings is 1. The Bertz CT molecular complexity index is 1390. The summed E-state index contributed by atoms with van der Waals surface area (Å²) in [6.45, 7) is 2.44. The number of amides is 3. The molecule has 1 unspecified atom stereocenters. The van der Waals surface area contributed by atoms with Crippen LogP contribution < -0.4 is 15.5 Å². The Morgan fingerprint density at radius 1 is 1.02 bits per heavy atom. The number of carbonyl (C=O) groups is 4. The number of aliphatic carboxylic acids is 1. The molecule has 0 radical (unpaired) electrons. The lowest BCUT2D eigenvalue weighted by molar-refractivity contribution is -0.137. The summed E-state index contributed by atoms with van der Waals surface area (Å²) in [7, 11) is 0. The predicted octanol–water partition coefficient (Wildman–Crippen LogP) is 4.18. The Morgan fingerprint density at radius 2 is 1.88 bits per heavy atom. The average molecular weight is 576 g/mol. The van der Waals surface area contributed by atoms with Gasteiger partial charge >= 0.3 is 5.97 Å². The Balaban J connectivity index is 1.37. The molecule has 11 heteroatoms. The van der Waals surface area contributed by atoms with E-state index in [1.54, 1.807) is 30.5 Å². The van der Waals surface area contributed by atoms with E-state index in [1.807, 2.05) is 28.5 Å². The van der Waals surface area contributed by atoms with Gasteiger partial charge < -0.3 is 25.5 Å². The molecule has 2 aliphatic rings. The molecule has 3 N–H and O–H groups in total. The van der Waals surface area contributed by atoms with Gasteiger partial charge in [-0.1, -0.05) is 18.6 Å². The van der Waals surface area contributed by atoms with E-state index in [-0.39, 0.29) is 24.2 Å². The maximum Gasteiger partial charge on any atom is 0.305 e. The maximum absolute atomic E-state index is 13.3. The van der Waals surface area contributed by atoms with Crippen molar-refractivity contribution in [3.05, 3.63) is 76.2 Å². The minimum atomic E-state index is -1.05. The van der Waals surface area contributed by atoms with Crippen molar-refractivity contribution >= 4 is 46.4 Å². The number of carboxylic acid groups (broad SMARTS) is 1. The summed E-state index contributed by atoms with van der Waals surface area (Å²) in [6.07, 6.45) is 6.28. The van der Waals surface area contributed by atoms with Crippen LogP contribution in [0, 0.1) is 5.92 Å². The second-order valence-corrected chi connectivity index (χ2v) is 11.3. The van der Waals surface area contributed by atoms with Gasteiger partial charge in [0.1, 0.15) is 0 Å². The number of nitrogens with one attached hydrogen (secondary N) is 2. The summed E-state index contributed by atoms with van der Waals surface area (Å²) in [5, 5.41) is 17.2. The molecule has 3 heterocycles. The van der Waals surface area contributed by atoms with Gasteiger partial charge in [-0.15, -0.1) is 11.3 Å². The summed E-state index contributed by atoms with van der Waals surface area (Å²) in [5.74, 6) is -1.59. The molecular weight excluding hydrogens is 542 g/mol. The fourth-order valence-corrected chi connectivity index (χ4v) is 5.82. The molecule has 5 rings (SSSR count). The highest BCUT2D eigenvalue weighted by Crippen LogP contribution is 2.33. The molecule has 1 atom stereocenters. The molecule has 3 amide bonds. The zero-order valence-electron chi connectivity index (χ0n) is 22.6. The number of benzene rings is 1. The van der Waals surface area contributed by atoms with Crippen LogP contribution in [0.25, 0.3) is 0 Å². The van der Waals surface area contributed by atoms with Crippen molar-refractivity contribution in [2.75, 3.05) is 36.4 Å². The van der Waals surface area contributed by atoms with Crippen molar-refractivity contribution in [3.8, 4) is 0 Å². The normalized spacial score (nSPS) is 16.3. The fourth-order valence-electron chi connectivity index (χ4n) is 5.13. The predicted molar refractivity (Wildman–Crippen MR) is 156 cm³/mol. The summed E-state index contributed by atoms with van der Waals surface area (Å²) in [4.78, 5) is 59.5. The standard InChI is InChI=1S/C30H33N5O5S/c36-27(37)18-23(22-7-2-11-31-19-22)32-29(39)21-9-10-25(24(17-21)33-28(38)20-5-1-6-20)34-12-4-13-35(15-14-34)30(40)26-8-3-16-41-26/h2-3,7-11,16-17,19-20,23H,1,4-6,12-15,18H2,(H,32,39)(H,33,38)(H,36,37). The average Bonchev–Trinajstić information content (AvgIpc) is 3.36. The number of carboxylic acids is 1. The van der Waals surface area contributed by atoms with E-state index in [9.17, 15) is 24.3 Å². The molecule has 1 aliphatic carbocycles. The second-order valence-electron chi connectivity index (χ2n) is 10.4. The van der Waals surface area contributed by atoms with E-state index in [0.29, 0.717) is 43.0 Å². The SMILES string of the molecule is O=C(O)CC(NC(=O)c1ccc(N2CCCN(C(=O)c3cccs3)CC2)c(NC(=O)C2CCC2)c1)c1cccnc1. The monoisotopic (exact) mass is 575 g/mol. The number of anilines is 2. The molecule has 10 nitrogen and oxygen atoms in total. The van der Waals surface area contributed by atoms with Crippen LogP contribution in [0.5, 0.6) is 0 Å². The Kier molecular flexibility index (Phi) is 8.93. The van der Waals surface area contributed by atoms with E-state index < -0.39 is 17.9 Å². The van der Waals surface area contributed by atoms with Gasteiger partial charge in [-0.25, -0.2) is 0 Å². The number of carbonyl (C=O) groups excluding carboxylic acids is 3. The third-order valence-corrected chi connectivity index (χ3v) is 8.48. The first kappa shape index (κ1) is 28.3. The Labute approximate surface area is 242 Å². The Hall–Kier alpha value is -4.25. The van der Waals surface area contributed by atoms with Gasteiger partial charge in [-0.05, 0) is 60.5 Å². The van der Waals surface area contributed by atoms with Crippen molar-refractivity contribution in [2.24, 2.45) is 5.92 Å². The van der Waals surface area contributed by atoms with E-state index >= 15 is 0 Å². The van der Waals surface area contributed by atoms with Crippen LogP contribution in [0.1, 0.15) is 63.7 Å². The lowest BCUT2D eigenvalue weighted by Crippen LogP contribution is -2.35. The molecule has 3 aromatic rings. The first-order valence-corrected chi connectivity index (χ1v) is 14.7. The molecule has 1 saturated carbocycles. The lowest BCUT2D eigenvalue weighted by atomic mass is 9.85. The summed E-state index contributed by atoms with van der Waals surface area (Å²) in [5.41, 5.74) is 2.21. The topological polar surface area (TPSA) is 132 Å². The fraction of sp³-hybridized carbons (Fsp3) is 0.367. The highest BCUT2D eigenvalue weighted by atomic mass is 32.1. The van der Waals surface area contributed by atoms with Crippen LogP contribution in [-0.2, 0) is 9.59 Å². The van der Waals surface area contributed by atoms with Crippen LogP contribution in [-0.4, -0.2) is 64.9 Å². The minimum Gasteiger partial charge on any atom is -0.481 e. The highest BCUT2D eigenvalue weighted by molar-refractivity contribution is 7.12. The van der Waals surface area contributed by atoms with Crippen molar-refractivity contribution in [1.82, 2.24) is 15.2 Å². The number of pyridine rings is 1. The lowest BCUT2D eigenvalue weighted by Gasteiger charge is -2.29. The highest BCUT2D eigenvalue weighted by Gasteiger charge is 2.28. The maximum atomic E-state index is 13.3.